The average Bonchev–Trinajstić information content (AvgIpc) is 2.78. The zero-order valence-corrected chi connectivity index (χ0v) is 17.4. The van der Waals surface area contributed by atoms with Gasteiger partial charge in [-0.3, -0.25) is 4.72 Å². The predicted octanol–water partition coefficient (Wildman–Crippen LogP) is 3.17. The highest BCUT2D eigenvalue weighted by Gasteiger charge is 2.16. The van der Waals surface area contributed by atoms with Crippen LogP contribution in [0.1, 0.15) is 5.56 Å². The maximum absolute atomic E-state index is 12.6. The number of hydrogen-bond donors (Lipinski definition) is 2. The number of sulfonamides is 1. The molecule has 4 rings (SSSR count). The summed E-state index contributed by atoms with van der Waals surface area (Å²) in [6.07, 6.45) is 1.58. The zero-order valence-electron chi connectivity index (χ0n) is 16.6. The fraction of sp³-hybridized carbons (Fsp3) is 0.238. The van der Waals surface area contributed by atoms with E-state index in [4.69, 9.17) is 4.74 Å². The fourth-order valence-electron chi connectivity index (χ4n) is 3.10. The molecule has 1 saturated heterocycles. The molecule has 8 nitrogen and oxygen atoms in total. The van der Waals surface area contributed by atoms with E-state index in [9.17, 15) is 8.42 Å². The number of ether oxygens (including phenoxy) is 1. The van der Waals surface area contributed by atoms with Crippen molar-refractivity contribution in [3.05, 3.63) is 66.4 Å². The van der Waals surface area contributed by atoms with Gasteiger partial charge in [-0.05, 0) is 43.3 Å². The molecular formula is C21H23N5O3S. The molecule has 2 N–H and O–H groups in total. The van der Waals surface area contributed by atoms with E-state index in [1.165, 1.54) is 12.1 Å². The predicted molar refractivity (Wildman–Crippen MR) is 117 cm³/mol. The number of aromatic nitrogens is 2. The van der Waals surface area contributed by atoms with Gasteiger partial charge in [-0.15, -0.1) is 0 Å². The van der Waals surface area contributed by atoms with Gasteiger partial charge in [0.1, 0.15) is 5.82 Å². The van der Waals surface area contributed by atoms with Crippen LogP contribution in [0.5, 0.6) is 0 Å². The van der Waals surface area contributed by atoms with E-state index < -0.39 is 10.0 Å². The van der Waals surface area contributed by atoms with Gasteiger partial charge in [0.05, 0.1) is 18.1 Å². The Labute approximate surface area is 176 Å². The normalized spacial score (nSPS) is 14.4. The number of aryl methyl sites for hydroxylation is 1. The topological polar surface area (TPSA) is 96.4 Å². The van der Waals surface area contributed by atoms with Crippen LogP contribution in [0.3, 0.4) is 0 Å². The van der Waals surface area contributed by atoms with Crippen LogP contribution < -0.4 is 14.9 Å². The van der Waals surface area contributed by atoms with E-state index in [1.54, 1.807) is 31.3 Å². The van der Waals surface area contributed by atoms with E-state index in [1.807, 2.05) is 24.3 Å². The van der Waals surface area contributed by atoms with Crippen molar-refractivity contribution in [3.8, 4) is 0 Å². The van der Waals surface area contributed by atoms with Crippen molar-refractivity contribution in [2.45, 2.75) is 11.8 Å². The number of anilines is 4. The molecule has 0 aliphatic carbocycles. The summed E-state index contributed by atoms with van der Waals surface area (Å²) in [7, 11) is -3.73. The van der Waals surface area contributed by atoms with E-state index >= 15 is 0 Å². The third-order valence-corrected chi connectivity index (χ3v) is 6.11. The minimum Gasteiger partial charge on any atom is -0.378 e. The monoisotopic (exact) mass is 425 g/mol. The molecule has 0 spiro atoms. The Morgan fingerprint density at radius 2 is 1.70 bits per heavy atom. The number of hydrogen-bond acceptors (Lipinski definition) is 7. The van der Waals surface area contributed by atoms with Crippen LogP contribution in [0.4, 0.5) is 23.1 Å². The average molecular weight is 426 g/mol. The maximum atomic E-state index is 12.6. The lowest BCUT2D eigenvalue weighted by Gasteiger charge is -2.28. The van der Waals surface area contributed by atoms with Crippen LogP contribution in [0.2, 0.25) is 0 Å². The molecule has 1 aliphatic heterocycles. The van der Waals surface area contributed by atoms with Crippen LogP contribution in [-0.2, 0) is 14.8 Å². The Morgan fingerprint density at radius 3 is 2.40 bits per heavy atom. The number of benzene rings is 2. The van der Waals surface area contributed by atoms with Crippen LogP contribution in [-0.4, -0.2) is 44.7 Å². The molecule has 0 saturated carbocycles. The molecule has 0 radical (unpaired) electrons. The first-order valence-electron chi connectivity index (χ1n) is 9.62. The highest BCUT2D eigenvalue weighted by Crippen LogP contribution is 2.23. The molecule has 0 unspecified atom stereocenters. The van der Waals surface area contributed by atoms with Gasteiger partial charge in [0.25, 0.3) is 10.0 Å². The van der Waals surface area contributed by atoms with Crippen LogP contribution in [0.15, 0.2) is 65.7 Å². The van der Waals surface area contributed by atoms with E-state index in [-0.39, 0.29) is 10.7 Å². The van der Waals surface area contributed by atoms with Crippen molar-refractivity contribution in [2.75, 3.05) is 41.2 Å². The van der Waals surface area contributed by atoms with Gasteiger partial charge in [-0.1, -0.05) is 18.2 Å². The summed E-state index contributed by atoms with van der Waals surface area (Å²) in [4.78, 5) is 11.1. The van der Waals surface area contributed by atoms with Crippen molar-refractivity contribution in [2.24, 2.45) is 0 Å². The van der Waals surface area contributed by atoms with Crippen LogP contribution in [0, 0.1) is 6.92 Å². The second-order valence-corrected chi connectivity index (χ2v) is 8.60. The molecule has 30 heavy (non-hydrogen) atoms. The molecule has 1 aliphatic rings. The highest BCUT2D eigenvalue weighted by atomic mass is 32.2. The Bertz CT molecular complexity index is 1100. The van der Waals surface area contributed by atoms with Crippen molar-refractivity contribution < 1.29 is 13.2 Å². The third kappa shape index (κ3) is 4.69. The first kappa shape index (κ1) is 20.1. The summed E-state index contributed by atoms with van der Waals surface area (Å²) in [5, 5.41) is 3.13. The first-order chi connectivity index (χ1) is 14.5. The number of morpholine rings is 1. The minimum absolute atomic E-state index is 0.177. The minimum atomic E-state index is -3.73. The smallest absolute Gasteiger partial charge is 0.263 e. The van der Waals surface area contributed by atoms with Crippen LogP contribution in [0.25, 0.3) is 0 Å². The molecule has 0 amide bonds. The van der Waals surface area contributed by atoms with Gasteiger partial charge in [-0.25, -0.2) is 13.4 Å². The Hall–Kier alpha value is -3.17. The summed E-state index contributed by atoms with van der Waals surface area (Å²) >= 11 is 0. The lowest BCUT2D eigenvalue weighted by atomic mass is 10.2. The summed E-state index contributed by atoms with van der Waals surface area (Å²) in [6.45, 7) is 4.97. The van der Waals surface area contributed by atoms with Crippen molar-refractivity contribution in [3.63, 3.8) is 0 Å². The highest BCUT2D eigenvalue weighted by molar-refractivity contribution is 7.92. The fourth-order valence-corrected chi connectivity index (χ4v) is 4.19. The molecule has 2 aromatic carbocycles. The molecule has 156 valence electrons. The summed E-state index contributed by atoms with van der Waals surface area (Å²) in [6, 6.07) is 16.1. The molecular weight excluding hydrogens is 402 g/mol. The molecule has 9 heteroatoms. The largest absolute Gasteiger partial charge is 0.378 e. The summed E-state index contributed by atoms with van der Waals surface area (Å²) < 4.78 is 33.1. The van der Waals surface area contributed by atoms with Crippen molar-refractivity contribution in [1.82, 2.24) is 9.97 Å². The van der Waals surface area contributed by atoms with Gasteiger partial charge in [-0.2, -0.15) is 4.98 Å². The number of nitrogens with one attached hydrogen (secondary N) is 2. The van der Waals surface area contributed by atoms with E-state index in [0.717, 1.165) is 37.7 Å². The molecule has 1 aromatic heterocycles. The molecule has 2 heterocycles. The molecule has 3 aromatic rings. The molecule has 1 fully saturated rings. The Kier molecular flexibility index (Phi) is 5.82. The molecule has 0 atom stereocenters. The SMILES string of the molecule is Cc1cnc(Nc2ccc(N3CCOCC3)cc2)nc1NS(=O)(=O)c1ccccc1. The third-order valence-electron chi connectivity index (χ3n) is 4.76. The van der Waals surface area contributed by atoms with Gasteiger partial charge in [0.15, 0.2) is 0 Å². The Morgan fingerprint density at radius 1 is 1.00 bits per heavy atom. The van der Waals surface area contributed by atoms with E-state index in [2.05, 4.69) is 24.9 Å². The van der Waals surface area contributed by atoms with Gasteiger partial charge < -0.3 is 15.0 Å². The van der Waals surface area contributed by atoms with Crippen LogP contribution >= 0.6 is 0 Å². The van der Waals surface area contributed by atoms with Crippen molar-refractivity contribution >= 4 is 33.2 Å². The number of rotatable bonds is 6. The lowest BCUT2D eigenvalue weighted by Crippen LogP contribution is -2.36. The summed E-state index contributed by atoms with van der Waals surface area (Å²) in [5.41, 5.74) is 2.57. The number of nitrogens with zero attached hydrogens (tertiary/aromatic N) is 3. The second kappa shape index (κ2) is 8.68. The standard InChI is InChI=1S/C21H23N5O3S/c1-16-15-22-21(24-20(16)25-30(27,28)19-5-3-2-4-6-19)23-17-7-9-18(10-8-17)26-11-13-29-14-12-26/h2-10,15H,11-14H2,1H3,(H2,22,23,24,25). The maximum Gasteiger partial charge on any atom is 0.263 e. The van der Waals surface area contributed by atoms with Crippen molar-refractivity contribution in [1.29, 1.82) is 0 Å². The van der Waals surface area contributed by atoms with Gasteiger partial charge in [0.2, 0.25) is 5.95 Å². The van der Waals surface area contributed by atoms with Gasteiger partial charge >= 0.3 is 0 Å². The zero-order chi connectivity index (χ0) is 21.0. The lowest BCUT2D eigenvalue weighted by molar-refractivity contribution is 0.122. The quantitative estimate of drug-likeness (QED) is 0.626. The first-order valence-corrected chi connectivity index (χ1v) is 11.1. The van der Waals surface area contributed by atoms with E-state index in [0.29, 0.717) is 11.5 Å². The Balaban J connectivity index is 1.49. The summed E-state index contributed by atoms with van der Waals surface area (Å²) in [5.74, 6) is 0.548. The van der Waals surface area contributed by atoms with Gasteiger partial charge in [0, 0.05) is 36.2 Å². The second-order valence-electron chi connectivity index (χ2n) is 6.92. The molecule has 0 bridgehead atoms.